The molecule has 9 heteroatoms. The molecule has 0 bridgehead atoms. The molecule has 2 aliphatic rings. The Hall–Kier alpha value is -2.22. The molecule has 1 aromatic carbocycles. The van der Waals surface area contributed by atoms with Gasteiger partial charge in [-0.3, -0.25) is 4.79 Å². The van der Waals surface area contributed by atoms with Crippen molar-refractivity contribution in [1.29, 1.82) is 0 Å². The molecule has 1 saturated carbocycles. The van der Waals surface area contributed by atoms with Crippen LogP contribution in [0.5, 0.6) is 0 Å². The van der Waals surface area contributed by atoms with Crippen LogP contribution in [-0.4, -0.2) is 45.9 Å². The molecule has 31 heavy (non-hydrogen) atoms. The maximum atomic E-state index is 14.2. The van der Waals surface area contributed by atoms with Crippen molar-refractivity contribution in [3.05, 3.63) is 34.9 Å². The second-order valence-electron chi connectivity index (χ2n) is 8.55. The molecular formula is C22H27ClF2N2O4. The number of carbonyl (C=O) groups excluding carboxylic acids is 2. The Morgan fingerprint density at radius 2 is 1.97 bits per heavy atom. The quantitative estimate of drug-likeness (QED) is 0.591. The first-order valence-electron chi connectivity index (χ1n) is 10.6. The maximum absolute atomic E-state index is 14.2. The number of nitrogens with zero attached hydrogens (tertiary/aromatic N) is 1. The van der Waals surface area contributed by atoms with E-state index in [-0.39, 0.29) is 6.42 Å². The molecule has 6 nitrogen and oxygen atoms in total. The highest BCUT2D eigenvalue weighted by Crippen LogP contribution is 2.35. The van der Waals surface area contributed by atoms with Gasteiger partial charge in [-0.1, -0.05) is 43.0 Å². The van der Waals surface area contributed by atoms with Crippen molar-refractivity contribution in [3.63, 3.8) is 0 Å². The molecular weight excluding hydrogens is 430 g/mol. The molecule has 1 aliphatic carbocycles. The van der Waals surface area contributed by atoms with Crippen LogP contribution in [-0.2, 0) is 16.0 Å². The lowest BCUT2D eigenvalue weighted by molar-refractivity contribution is -0.166. The number of carbonyl (C=O) groups is 3. The average Bonchev–Trinajstić information content (AvgIpc) is 2.69. The van der Waals surface area contributed by atoms with E-state index in [1.807, 2.05) is 6.07 Å². The molecule has 2 N–H and O–H groups in total. The van der Waals surface area contributed by atoms with E-state index in [2.05, 4.69) is 5.32 Å². The van der Waals surface area contributed by atoms with Crippen LogP contribution in [0, 0.1) is 11.8 Å². The molecule has 1 heterocycles. The minimum absolute atomic E-state index is 0.218. The highest BCUT2D eigenvalue weighted by molar-refractivity contribution is 6.30. The topological polar surface area (TPSA) is 86.7 Å². The number of alkyl halides is 2. The van der Waals surface area contributed by atoms with E-state index in [4.69, 9.17) is 11.6 Å². The van der Waals surface area contributed by atoms with E-state index < -0.39 is 47.7 Å². The zero-order valence-corrected chi connectivity index (χ0v) is 18.1. The summed E-state index contributed by atoms with van der Waals surface area (Å²) in [6, 6.07) is 3.13. The van der Waals surface area contributed by atoms with Gasteiger partial charge in [0.1, 0.15) is 0 Å². The number of nitrogens with one attached hydrogen (secondary N) is 1. The lowest BCUT2D eigenvalue weighted by Gasteiger charge is -2.44. The van der Waals surface area contributed by atoms with Crippen molar-refractivity contribution in [1.82, 2.24) is 10.2 Å². The summed E-state index contributed by atoms with van der Waals surface area (Å²) in [4.78, 5) is 37.6. The number of carboxylic acid groups (broad SMARTS) is 1. The third-order valence-corrected chi connectivity index (χ3v) is 6.50. The Kier molecular flexibility index (Phi) is 7.19. The number of urea groups is 1. The van der Waals surface area contributed by atoms with Crippen molar-refractivity contribution in [2.24, 2.45) is 11.8 Å². The van der Waals surface area contributed by atoms with Crippen molar-refractivity contribution >= 4 is 29.5 Å². The first-order valence-corrected chi connectivity index (χ1v) is 11.0. The summed E-state index contributed by atoms with van der Waals surface area (Å²) >= 11 is 5.95. The molecule has 1 aromatic rings. The Labute approximate surface area is 184 Å². The van der Waals surface area contributed by atoms with Crippen LogP contribution in [0.1, 0.15) is 51.0 Å². The van der Waals surface area contributed by atoms with Gasteiger partial charge in [-0.05, 0) is 49.3 Å². The third-order valence-electron chi connectivity index (χ3n) is 6.27. The van der Waals surface area contributed by atoms with Gasteiger partial charge in [0, 0.05) is 11.9 Å². The van der Waals surface area contributed by atoms with Crippen LogP contribution < -0.4 is 5.32 Å². The van der Waals surface area contributed by atoms with Gasteiger partial charge < -0.3 is 10.4 Å². The number of hydrogen-bond donors (Lipinski definition) is 2. The van der Waals surface area contributed by atoms with E-state index in [0.29, 0.717) is 29.2 Å². The SMILES string of the molecule is CC(F)(F)[C@@H](NC(=O)N1C(=O)[C@H](CCc2cccc(Cl)c2)[C@H]1C(=O)O)C1CCCCC1. The number of amides is 3. The highest BCUT2D eigenvalue weighted by Gasteiger charge is 2.55. The van der Waals surface area contributed by atoms with Gasteiger partial charge in [-0.25, -0.2) is 23.3 Å². The molecule has 3 atom stereocenters. The second kappa shape index (κ2) is 9.51. The van der Waals surface area contributed by atoms with Gasteiger partial charge in [-0.2, -0.15) is 0 Å². The minimum atomic E-state index is -3.18. The fourth-order valence-corrected chi connectivity index (χ4v) is 4.89. The van der Waals surface area contributed by atoms with Crippen molar-refractivity contribution < 1.29 is 28.3 Å². The Balaban J connectivity index is 1.68. The van der Waals surface area contributed by atoms with Crippen LogP contribution in [0.3, 0.4) is 0 Å². The van der Waals surface area contributed by atoms with E-state index in [9.17, 15) is 28.3 Å². The third kappa shape index (κ3) is 5.34. The summed E-state index contributed by atoms with van der Waals surface area (Å²) in [5, 5.41) is 12.4. The predicted octanol–water partition coefficient (Wildman–Crippen LogP) is 4.50. The lowest BCUT2D eigenvalue weighted by Crippen LogP contribution is -2.69. The summed E-state index contributed by atoms with van der Waals surface area (Å²) in [5.74, 6) is -6.47. The summed E-state index contributed by atoms with van der Waals surface area (Å²) in [5.41, 5.74) is 0.843. The Bertz CT molecular complexity index is 839. The van der Waals surface area contributed by atoms with Crippen molar-refractivity contribution in [3.8, 4) is 0 Å². The number of imide groups is 1. The number of aryl methyl sites for hydroxylation is 1. The first-order chi connectivity index (χ1) is 14.6. The van der Waals surface area contributed by atoms with Crippen molar-refractivity contribution in [2.45, 2.75) is 69.9 Å². The Morgan fingerprint density at radius 1 is 1.29 bits per heavy atom. The zero-order valence-electron chi connectivity index (χ0n) is 17.3. The standard InChI is InChI=1S/C22H27ClF2N2O4/c1-22(24,25)18(14-7-3-2-4-8-14)26-21(31)27-17(20(29)30)16(19(27)28)11-10-13-6-5-9-15(23)12-13/h5-6,9,12,14,16-18H,2-4,7-8,10-11H2,1H3,(H,26,31)(H,29,30)/t16-,17+,18+/m1/s1. The van der Waals surface area contributed by atoms with Crippen molar-refractivity contribution in [2.75, 3.05) is 0 Å². The number of hydrogen-bond acceptors (Lipinski definition) is 3. The molecule has 2 fully saturated rings. The fourth-order valence-electron chi connectivity index (χ4n) is 4.68. The molecule has 0 spiro atoms. The van der Waals surface area contributed by atoms with Crippen LogP contribution in [0.15, 0.2) is 24.3 Å². The predicted molar refractivity (Wildman–Crippen MR) is 111 cm³/mol. The van der Waals surface area contributed by atoms with Crippen LogP contribution >= 0.6 is 11.6 Å². The number of carboxylic acids is 1. The van der Waals surface area contributed by atoms with Gasteiger partial charge in [0.2, 0.25) is 5.91 Å². The normalized spacial score (nSPS) is 23.2. The van der Waals surface area contributed by atoms with Crippen LogP contribution in [0.25, 0.3) is 0 Å². The van der Waals surface area contributed by atoms with E-state index in [0.717, 1.165) is 31.7 Å². The summed E-state index contributed by atoms with van der Waals surface area (Å²) in [7, 11) is 0. The molecule has 3 amide bonds. The largest absolute Gasteiger partial charge is 0.480 e. The number of rotatable bonds is 7. The van der Waals surface area contributed by atoms with Gasteiger partial charge in [0.15, 0.2) is 6.04 Å². The summed E-state index contributed by atoms with van der Waals surface area (Å²) in [6.45, 7) is 0.743. The lowest BCUT2D eigenvalue weighted by atomic mass is 9.81. The maximum Gasteiger partial charge on any atom is 0.327 e. The van der Waals surface area contributed by atoms with E-state index in [1.165, 1.54) is 0 Å². The highest BCUT2D eigenvalue weighted by atomic mass is 35.5. The van der Waals surface area contributed by atoms with Gasteiger partial charge in [-0.15, -0.1) is 0 Å². The van der Waals surface area contributed by atoms with E-state index in [1.54, 1.807) is 18.2 Å². The average molecular weight is 457 g/mol. The monoisotopic (exact) mass is 456 g/mol. The molecule has 0 unspecified atom stereocenters. The van der Waals surface area contributed by atoms with Crippen LogP contribution in [0.4, 0.5) is 13.6 Å². The van der Waals surface area contributed by atoms with Gasteiger partial charge >= 0.3 is 12.0 Å². The summed E-state index contributed by atoms with van der Waals surface area (Å²) in [6.07, 6.45) is 4.33. The molecule has 3 rings (SSSR count). The summed E-state index contributed by atoms with van der Waals surface area (Å²) < 4.78 is 28.5. The second-order valence-corrected chi connectivity index (χ2v) is 8.98. The number of likely N-dealkylation sites (tertiary alicyclic amines) is 1. The van der Waals surface area contributed by atoms with E-state index >= 15 is 0 Å². The van der Waals surface area contributed by atoms with Crippen LogP contribution in [0.2, 0.25) is 5.02 Å². The minimum Gasteiger partial charge on any atom is -0.480 e. The number of halogens is 3. The molecule has 170 valence electrons. The first kappa shape index (κ1) is 23.4. The molecule has 0 aromatic heterocycles. The molecule has 1 aliphatic heterocycles. The number of benzene rings is 1. The number of β-lactam (4-membered cyclic amide) rings is 1. The fraction of sp³-hybridized carbons (Fsp3) is 0.591. The Morgan fingerprint density at radius 3 is 2.55 bits per heavy atom. The van der Waals surface area contributed by atoms with Gasteiger partial charge in [0.25, 0.3) is 5.92 Å². The smallest absolute Gasteiger partial charge is 0.327 e. The molecule has 0 radical (unpaired) electrons. The zero-order chi connectivity index (χ0) is 22.8. The molecule has 1 saturated heterocycles. The number of aliphatic carboxylic acids is 1. The van der Waals surface area contributed by atoms with Gasteiger partial charge in [0.05, 0.1) is 12.0 Å².